The molecule has 1 aromatic carbocycles. The van der Waals surface area contributed by atoms with Crippen LogP contribution in [0.2, 0.25) is 0 Å². The summed E-state index contributed by atoms with van der Waals surface area (Å²) in [6.45, 7) is 2.26. The van der Waals surface area contributed by atoms with E-state index < -0.39 is 0 Å². The molecule has 3 N–H and O–H groups in total. The van der Waals surface area contributed by atoms with Gasteiger partial charge >= 0.3 is 0 Å². The summed E-state index contributed by atoms with van der Waals surface area (Å²) in [6, 6.07) is 5.79. The summed E-state index contributed by atoms with van der Waals surface area (Å²) < 4.78 is 0. The van der Waals surface area contributed by atoms with Crippen molar-refractivity contribution in [1.82, 2.24) is 15.1 Å². The predicted molar refractivity (Wildman–Crippen MR) is 84.0 cm³/mol. The number of hydrogen-bond acceptors (Lipinski definition) is 3. The Morgan fingerprint density at radius 1 is 1.43 bits per heavy atom. The number of anilines is 1. The topological polar surface area (TPSA) is 75.0 Å². The van der Waals surface area contributed by atoms with Crippen molar-refractivity contribution >= 4 is 22.5 Å². The van der Waals surface area contributed by atoms with Crippen LogP contribution in [0.15, 0.2) is 18.2 Å². The summed E-state index contributed by atoms with van der Waals surface area (Å²) in [5.74, 6) is 0.663. The molecule has 1 saturated carbocycles. The van der Waals surface area contributed by atoms with Crippen molar-refractivity contribution in [3.05, 3.63) is 23.9 Å². The highest BCUT2D eigenvalue weighted by atomic mass is 16.2. The largest absolute Gasteiger partial charge is 0.399 e. The van der Waals surface area contributed by atoms with Crippen LogP contribution in [0.1, 0.15) is 43.1 Å². The van der Waals surface area contributed by atoms with E-state index in [0.717, 1.165) is 23.7 Å². The summed E-state index contributed by atoms with van der Waals surface area (Å²) in [5, 5.41) is 7.91. The van der Waals surface area contributed by atoms with Crippen molar-refractivity contribution in [1.29, 1.82) is 0 Å². The van der Waals surface area contributed by atoms with Gasteiger partial charge in [-0.25, -0.2) is 0 Å². The summed E-state index contributed by atoms with van der Waals surface area (Å²) in [6.07, 6.45) is 4.61. The van der Waals surface area contributed by atoms with Crippen LogP contribution in [0.3, 0.4) is 0 Å². The number of hydrogen-bond donors (Lipinski definition) is 2. The molecule has 0 spiro atoms. The minimum absolute atomic E-state index is 0.0223. The van der Waals surface area contributed by atoms with Gasteiger partial charge in [-0.3, -0.25) is 9.89 Å². The molecular formula is C16H22N4O. The average Bonchev–Trinajstić information content (AvgIpc) is 2.88. The number of nitrogens with one attached hydrogen (secondary N) is 1. The maximum absolute atomic E-state index is 12.7. The second-order valence-electron chi connectivity index (χ2n) is 6.22. The lowest BCUT2D eigenvalue weighted by Gasteiger charge is -2.33. The number of aromatic nitrogens is 2. The maximum atomic E-state index is 12.7. The lowest BCUT2D eigenvalue weighted by atomic mass is 9.86. The third-order valence-electron chi connectivity index (χ3n) is 4.57. The van der Waals surface area contributed by atoms with Crippen LogP contribution in [-0.4, -0.2) is 34.1 Å². The van der Waals surface area contributed by atoms with Crippen LogP contribution in [0.5, 0.6) is 0 Å². The molecule has 3 rings (SSSR count). The molecule has 5 heteroatoms. The molecule has 2 unspecified atom stereocenters. The van der Waals surface area contributed by atoms with Gasteiger partial charge in [0.05, 0.1) is 5.52 Å². The van der Waals surface area contributed by atoms with Gasteiger partial charge in [0.2, 0.25) is 0 Å². The van der Waals surface area contributed by atoms with Crippen LogP contribution < -0.4 is 5.73 Å². The number of nitrogens with zero attached hydrogens (tertiary/aromatic N) is 2. The number of nitrogen functional groups attached to an aromatic ring is 1. The van der Waals surface area contributed by atoms with Crippen LogP contribution in [0.25, 0.3) is 10.9 Å². The number of fused-ring (bicyclic) bond motifs is 1. The first kappa shape index (κ1) is 13.9. The van der Waals surface area contributed by atoms with Crippen LogP contribution in [0.4, 0.5) is 5.69 Å². The molecule has 1 aliphatic carbocycles. The summed E-state index contributed by atoms with van der Waals surface area (Å²) >= 11 is 0. The fraction of sp³-hybridized carbons (Fsp3) is 0.500. The van der Waals surface area contributed by atoms with Crippen LogP contribution >= 0.6 is 0 Å². The average molecular weight is 286 g/mol. The number of benzene rings is 1. The van der Waals surface area contributed by atoms with E-state index in [1.165, 1.54) is 12.8 Å². The van der Waals surface area contributed by atoms with E-state index in [4.69, 9.17) is 5.73 Å². The number of rotatable bonds is 2. The van der Waals surface area contributed by atoms with Gasteiger partial charge in [-0.1, -0.05) is 19.8 Å². The first-order valence-electron chi connectivity index (χ1n) is 7.57. The highest BCUT2D eigenvalue weighted by Crippen LogP contribution is 2.28. The standard InChI is InChI=1S/C16H22N4O/c1-10-4-3-5-12(8-10)20(2)16(21)15-13-9-11(17)6-7-14(13)18-19-15/h6-7,9-10,12H,3-5,8,17H2,1-2H3,(H,18,19). The number of carbonyl (C=O) groups is 1. The molecule has 1 aromatic heterocycles. The molecule has 1 heterocycles. The van der Waals surface area contributed by atoms with E-state index in [2.05, 4.69) is 17.1 Å². The van der Waals surface area contributed by atoms with E-state index in [0.29, 0.717) is 23.3 Å². The lowest BCUT2D eigenvalue weighted by Crippen LogP contribution is -2.40. The van der Waals surface area contributed by atoms with Crippen molar-refractivity contribution in [3.8, 4) is 0 Å². The van der Waals surface area contributed by atoms with Crippen molar-refractivity contribution in [2.75, 3.05) is 12.8 Å². The van der Waals surface area contributed by atoms with E-state index in [1.807, 2.05) is 24.1 Å². The Morgan fingerprint density at radius 2 is 2.24 bits per heavy atom. The Hall–Kier alpha value is -2.04. The molecule has 1 aliphatic rings. The number of H-pyrrole nitrogens is 1. The van der Waals surface area contributed by atoms with Crippen LogP contribution in [-0.2, 0) is 0 Å². The minimum atomic E-state index is -0.0223. The number of nitrogens with two attached hydrogens (primary N) is 1. The van der Waals surface area contributed by atoms with E-state index in [-0.39, 0.29) is 5.91 Å². The van der Waals surface area contributed by atoms with Gasteiger partial charge < -0.3 is 10.6 Å². The summed E-state index contributed by atoms with van der Waals surface area (Å²) in [4.78, 5) is 14.6. The quantitative estimate of drug-likeness (QED) is 0.834. The maximum Gasteiger partial charge on any atom is 0.274 e. The molecule has 2 atom stereocenters. The van der Waals surface area contributed by atoms with Gasteiger partial charge in [0.25, 0.3) is 5.91 Å². The fourth-order valence-corrected chi connectivity index (χ4v) is 3.28. The molecule has 21 heavy (non-hydrogen) atoms. The zero-order valence-electron chi connectivity index (χ0n) is 12.6. The Bertz CT molecular complexity index is 663. The van der Waals surface area contributed by atoms with Crippen molar-refractivity contribution in [2.24, 2.45) is 5.92 Å². The zero-order valence-corrected chi connectivity index (χ0v) is 12.6. The first-order valence-corrected chi connectivity index (χ1v) is 7.57. The van der Waals surface area contributed by atoms with Gasteiger partial charge in [-0.15, -0.1) is 0 Å². The molecule has 0 saturated heterocycles. The fourth-order valence-electron chi connectivity index (χ4n) is 3.28. The second-order valence-corrected chi connectivity index (χ2v) is 6.22. The molecule has 0 radical (unpaired) electrons. The van der Waals surface area contributed by atoms with Gasteiger partial charge in [0, 0.05) is 24.2 Å². The molecule has 5 nitrogen and oxygen atoms in total. The molecule has 2 aromatic rings. The SMILES string of the molecule is CC1CCCC(N(C)C(=O)c2n[nH]c3ccc(N)cc23)C1. The van der Waals surface area contributed by atoms with Gasteiger partial charge in [0.1, 0.15) is 0 Å². The number of amides is 1. The van der Waals surface area contributed by atoms with E-state index in [9.17, 15) is 4.79 Å². The van der Waals surface area contributed by atoms with Crippen LogP contribution in [0, 0.1) is 5.92 Å². The summed E-state index contributed by atoms with van der Waals surface area (Å²) in [5.41, 5.74) is 7.78. The molecule has 0 bridgehead atoms. The van der Waals surface area contributed by atoms with E-state index >= 15 is 0 Å². The highest BCUT2D eigenvalue weighted by Gasteiger charge is 2.28. The van der Waals surface area contributed by atoms with Crippen molar-refractivity contribution in [2.45, 2.75) is 38.6 Å². The van der Waals surface area contributed by atoms with E-state index in [1.54, 1.807) is 6.07 Å². The van der Waals surface area contributed by atoms with Gasteiger partial charge in [0.15, 0.2) is 5.69 Å². The smallest absolute Gasteiger partial charge is 0.274 e. The second kappa shape index (κ2) is 5.39. The number of carbonyl (C=O) groups excluding carboxylic acids is 1. The van der Waals surface area contributed by atoms with Crippen molar-refractivity contribution < 1.29 is 4.79 Å². The Balaban J connectivity index is 1.87. The van der Waals surface area contributed by atoms with Crippen molar-refractivity contribution in [3.63, 3.8) is 0 Å². The number of aromatic amines is 1. The lowest BCUT2D eigenvalue weighted by molar-refractivity contribution is 0.0668. The molecule has 1 fully saturated rings. The molecule has 1 amide bonds. The molecule has 112 valence electrons. The minimum Gasteiger partial charge on any atom is -0.399 e. The predicted octanol–water partition coefficient (Wildman–Crippen LogP) is 2.80. The molecular weight excluding hydrogens is 264 g/mol. The normalized spacial score (nSPS) is 22.4. The third kappa shape index (κ3) is 2.60. The Morgan fingerprint density at radius 3 is 3.00 bits per heavy atom. The first-order chi connectivity index (χ1) is 10.1. The highest BCUT2D eigenvalue weighted by molar-refractivity contribution is 6.05. The Kier molecular flexibility index (Phi) is 3.57. The van der Waals surface area contributed by atoms with Gasteiger partial charge in [-0.2, -0.15) is 5.10 Å². The zero-order chi connectivity index (χ0) is 15.0. The molecule has 0 aliphatic heterocycles. The summed E-state index contributed by atoms with van der Waals surface area (Å²) in [7, 11) is 1.89. The third-order valence-corrected chi connectivity index (χ3v) is 4.57. The monoisotopic (exact) mass is 286 g/mol. The Labute approximate surface area is 124 Å². The van der Waals surface area contributed by atoms with Gasteiger partial charge in [-0.05, 0) is 37.0 Å².